The lowest BCUT2D eigenvalue weighted by molar-refractivity contribution is 0.102. The molecule has 0 aliphatic heterocycles. The molecule has 7 heteroatoms. The first-order valence-corrected chi connectivity index (χ1v) is 8.76. The van der Waals surface area contributed by atoms with Crippen LogP contribution >= 0.6 is 15.9 Å². The van der Waals surface area contributed by atoms with Crippen LogP contribution in [0.4, 0.5) is 5.95 Å². The number of carbonyl (C=O) groups is 1. The number of carbonyl (C=O) groups excluding carboxylic acids is 1. The molecule has 0 unspecified atom stereocenters. The van der Waals surface area contributed by atoms with E-state index in [1.807, 2.05) is 47.9 Å². The second-order valence-electron chi connectivity index (χ2n) is 5.67. The van der Waals surface area contributed by atoms with Gasteiger partial charge in [0.25, 0.3) is 5.91 Å². The number of hydrogen-bond donors (Lipinski definition) is 1. The van der Waals surface area contributed by atoms with E-state index >= 15 is 0 Å². The van der Waals surface area contributed by atoms with Crippen LogP contribution in [0.3, 0.4) is 0 Å². The Morgan fingerprint density at radius 1 is 1.08 bits per heavy atom. The van der Waals surface area contributed by atoms with E-state index in [0.717, 1.165) is 17.0 Å². The number of aromatic nitrogens is 4. The maximum absolute atomic E-state index is 12.5. The van der Waals surface area contributed by atoms with Gasteiger partial charge in [-0.1, -0.05) is 18.2 Å². The van der Waals surface area contributed by atoms with Crippen LogP contribution in [0.15, 0.2) is 65.4 Å². The smallest absolute Gasteiger partial charge is 0.259 e. The monoisotopic (exact) mass is 407 g/mol. The van der Waals surface area contributed by atoms with Gasteiger partial charge in [0, 0.05) is 16.9 Å². The van der Waals surface area contributed by atoms with Crippen molar-refractivity contribution in [1.29, 1.82) is 0 Å². The van der Waals surface area contributed by atoms with Crippen molar-refractivity contribution < 1.29 is 4.79 Å². The number of nitrogens with zero attached hydrogens (tertiary/aromatic N) is 4. The van der Waals surface area contributed by atoms with Gasteiger partial charge in [0.15, 0.2) is 0 Å². The Labute approximate surface area is 158 Å². The van der Waals surface area contributed by atoms with Crippen molar-refractivity contribution >= 4 is 33.4 Å². The van der Waals surface area contributed by atoms with Crippen LogP contribution < -0.4 is 5.32 Å². The number of hydrogen-bond acceptors (Lipinski definition) is 4. The summed E-state index contributed by atoms with van der Waals surface area (Å²) in [7, 11) is 0. The fourth-order valence-electron chi connectivity index (χ4n) is 2.79. The van der Waals surface area contributed by atoms with Crippen LogP contribution in [0.25, 0.3) is 17.0 Å². The molecule has 0 aliphatic carbocycles. The summed E-state index contributed by atoms with van der Waals surface area (Å²) in [6.45, 7) is 1.93. The van der Waals surface area contributed by atoms with E-state index in [9.17, 15) is 4.79 Å². The van der Waals surface area contributed by atoms with Crippen LogP contribution in [0, 0.1) is 6.92 Å². The molecule has 0 atom stereocenters. The number of rotatable bonds is 3. The standard InChI is InChI=1S/C19H14BrN5O/c1-12-17(25-11-5-4-8-16(25)22-12)15-9-10-21-19(23-15)24-18(26)13-6-2-3-7-14(13)20/h2-11H,1H3,(H,21,23,24,26). The summed E-state index contributed by atoms with van der Waals surface area (Å²) < 4.78 is 2.68. The van der Waals surface area contributed by atoms with E-state index < -0.39 is 0 Å². The summed E-state index contributed by atoms with van der Waals surface area (Å²) in [6, 6.07) is 14.8. The topological polar surface area (TPSA) is 72.2 Å². The van der Waals surface area contributed by atoms with Crippen molar-refractivity contribution in [2.75, 3.05) is 5.32 Å². The molecular formula is C19H14BrN5O. The molecule has 4 rings (SSSR count). The van der Waals surface area contributed by atoms with Crippen molar-refractivity contribution in [2.24, 2.45) is 0 Å². The minimum absolute atomic E-state index is 0.244. The fraction of sp³-hybridized carbons (Fsp3) is 0.0526. The molecule has 26 heavy (non-hydrogen) atoms. The Bertz CT molecular complexity index is 1120. The highest BCUT2D eigenvalue weighted by Gasteiger charge is 2.15. The molecule has 0 fully saturated rings. The number of halogens is 1. The Morgan fingerprint density at radius 3 is 2.73 bits per heavy atom. The lowest BCUT2D eigenvalue weighted by Crippen LogP contribution is -2.15. The van der Waals surface area contributed by atoms with Gasteiger partial charge in [0.05, 0.1) is 22.6 Å². The van der Waals surface area contributed by atoms with Crippen molar-refractivity contribution in [1.82, 2.24) is 19.4 Å². The number of aryl methyl sites for hydroxylation is 1. The molecule has 0 radical (unpaired) electrons. The summed E-state index contributed by atoms with van der Waals surface area (Å²) >= 11 is 3.38. The van der Waals surface area contributed by atoms with Crippen LogP contribution in [-0.4, -0.2) is 25.3 Å². The number of fused-ring (bicyclic) bond motifs is 1. The van der Waals surface area contributed by atoms with Gasteiger partial charge in [0.2, 0.25) is 5.95 Å². The van der Waals surface area contributed by atoms with E-state index in [-0.39, 0.29) is 11.9 Å². The zero-order valence-corrected chi connectivity index (χ0v) is 15.4. The molecule has 0 bridgehead atoms. The van der Waals surface area contributed by atoms with Gasteiger partial charge in [-0.3, -0.25) is 14.5 Å². The normalized spacial score (nSPS) is 10.8. The third-order valence-electron chi connectivity index (χ3n) is 3.95. The number of pyridine rings is 1. The Hall–Kier alpha value is -3.06. The van der Waals surface area contributed by atoms with Gasteiger partial charge < -0.3 is 0 Å². The first kappa shape index (κ1) is 16.4. The zero-order chi connectivity index (χ0) is 18.1. The van der Waals surface area contributed by atoms with Crippen LogP contribution in [0.5, 0.6) is 0 Å². The highest BCUT2D eigenvalue weighted by Crippen LogP contribution is 2.24. The van der Waals surface area contributed by atoms with Crippen LogP contribution in [0.2, 0.25) is 0 Å². The quantitative estimate of drug-likeness (QED) is 0.554. The highest BCUT2D eigenvalue weighted by atomic mass is 79.9. The van der Waals surface area contributed by atoms with Gasteiger partial charge in [-0.05, 0) is 53.2 Å². The molecule has 0 saturated carbocycles. The average Bonchev–Trinajstić information content (AvgIpc) is 2.98. The number of benzene rings is 1. The molecule has 3 heterocycles. The van der Waals surface area contributed by atoms with E-state index in [2.05, 4.69) is 36.2 Å². The van der Waals surface area contributed by atoms with Gasteiger partial charge in [-0.25, -0.2) is 15.0 Å². The van der Waals surface area contributed by atoms with Crippen molar-refractivity contribution in [3.8, 4) is 11.4 Å². The minimum Gasteiger partial charge on any atom is -0.298 e. The molecule has 1 aromatic carbocycles. The Morgan fingerprint density at radius 2 is 1.88 bits per heavy atom. The molecule has 4 aromatic rings. The molecule has 0 aliphatic rings. The van der Waals surface area contributed by atoms with Crippen molar-refractivity contribution in [3.05, 3.63) is 76.7 Å². The van der Waals surface area contributed by atoms with Gasteiger partial charge in [0.1, 0.15) is 5.65 Å². The summed E-state index contributed by atoms with van der Waals surface area (Å²) in [5, 5.41) is 2.75. The number of imidazole rings is 1. The molecule has 3 aromatic heterocycles. The summed E-state index contributed by atoms with van der Waals surface area (Å²) in [6.07, 6.45) is 3.56. The van der Waals surface area contributed by atoms with Crippen molar-refractivity contribution in [3.63, 3.8) is 0 Å². The van der Waals surface area contributed by atoms with Gasteiger partial charge in [-0.15, -0.1) is 0 Å². The zero-order valence-electron chi connectivity index (χ0n) is 13.8. The van der Waals surface area contributed by atoms with E-state index in [4.69, 9.17) is 0 Å². The number of anilines is 1. The number of amides is 1. The first-order chi connectivity index (χ1) is 12.6. The number of nitrogens with one attached hydrogen (secondary N) is 1. The lowest BCUT2D eigenvalue weighted by Gasteiger charge is -2.07. The SMILES string of the molecule is Cc1nc2ccccn2c1-c1ccnc(NC(=O)c2ccccc2Br)n1. The van der Waals surface area contributed by atoms with Gasteiger partial charge >= 0.3 is 0 Å². The average molecular weight is 408 g/mol. The first-order valence-electron chi connectivity index (χ1n) is 7.96. The van der Waals surface area contributed by atoms with E-state index in [0.29, 0.717) is 15.7 Å². The minimum atomic E-state index is -0.274. The largest absolute Gasteiger partial charge is 0.298 e. The van der Waals surface area contributed by atoms with Gasteiger partial charge in [-0.2, -0.15) is 0 Å². The summed E-state index contributed by atoms with van der Waals surface area (Å²) in [4.78, 5) is 25.7. The van der Waals surface area contributed by atoms with E-state index in [1.54, 1.807) is 24.4 Å². The summed E-state index contributed by atoms with van der Waals surface area (Å²) in [5.74, 6) is -0.0296. The Kier molecular flexibility index (Phi) is 4.22. The maximum Gasteiger partial charge on any atom is 0.259 e. The third-order valence-corrected chi connectivity index (χ3v) is 4.64. The van der Waals surface area contributed by atoms with E-state index in [1.165, 1.54) is 0 Å². The molecule has 1 amide bonds. The highest BCUT2D eigenvalue weighted by molar-refractivity contribution is 9.10. The second kappa shape index (κ2) is 6.68. The Balaban J connectivity index is 1.70. The molecule has 128 valence electrons. The van der Waals surface area contributed by atoms with Crippen molar-refractivity contribution in [2.45, 2.75) is 6.92 Å². The molecule has 1 N–H and O–H groups in total. The molecule has 0 spiro atoms. The third kappa shape index (κ3) is 2.97. The summed E-state index contributed by atoms with van der Waals surface area (Å²) in [5.41, 5.74) is 3.79. The maximum atomic E-state index is 12.5. The van der Waals surface area contributed by atoms with Crippen LogP contribution in [0.1, 0.15) is 16.1 Å². The lowest BCUT2D eigenvalue weighted by atomic mass is 10.2. The van der Waals surface area contributed by atoms with Crippen LogP contribution in [-0.2, 0) is 0 Å². The predicted molar refractivity (Wildman–Crippen MR) is 103 cm³/mol. The molecule has 0 saturated heterocycles. The molecular weight excluding hydrogens is 394 g/mol. The fourth-order valence-corrected chi connectivity index (χ4v) is 3.25. The predicted octanol–water partition coefficient (Wildman–Crippen LogP) is 4.11. The second-order valence-corrected chi connectivity index (χ2v) is 6.53. The molecule has 6 nitrogen and oxygen atoms in total.